The van der Waals surface area contributed by atoms with Crippen molar-refractivity contribution in [2.45, 2.75) is 32.8 Å². The highest BCUT2D eigenvalue weighted by atomic mass is 32.1. The quantitative estimate of drug-likeness (QED) is 0.640. The molecule has 1 aromatic carbocycles. The number of aromatic nitrogens is 1. The summed E-state index contributed by atoms with van der Waals surface area (Å²) in [5.74, 6) is 0.00844. The van der Waals surface area contributed by atoms with Gasteiger partial charge in [0.15, 0.2) is 0 Å². The van der Waals surface area contributed by atoms with E-state index >= 15 is 0 Å². The Labute approximate surface area is 174 Å². The zero-order valence-electron chi connectivity index (χ0n) is 16.7. The van der Waals surface area contributed by atoms with Crippen LogP contribution in [-0.4, -0.2) is 22.6 Å². The minimum Gasteiger partial charge on any atom is -0.444 e. The lowest BCUT2D eigenvalue weighted by atomic mass is 10.1. The second-order valence-electron chi connectivity index (χ2n) is 7.15. The van der Waals surface area contributed by atoms with E-state index in [-0.39, 0.29) is 5.91 Å². The highest BCUT2D eigenvalue weighted by Gasteiger charge is 2.12. The first-order chi connectivity index (χ1) is 13.7. The molecule has 0 aliphatic carbocycles. The lowest BCUT2D eigenvalue weighted by molar-refractivity contribution is -0.115. The standard InChI is InChI=1S/C17H14N2OS.C5H11NO2/c20-17(12-16-2-1-11-21-16)19-15-5-3-13(4-6-15)14-7-9-18-10-8-14;1-5(2,3)8-4(6)7/h1-11H,12H2,(H,19,20);1-3H3,(H2,6,7). The van der Waals surface area contributed by atoms with Crippen LogP contribution in [0.5, 0.6) is 0 Å². The zero-order valence-corrected chi connectivity index (χ0v) is 17.5. The molecule has 3 aromatic rings. The lowest BCUT2D eigenvalue weighted by Crippen LogP contribution is -2.27. The van der Waals surface area contributed by atoms with E-state index in [1.165, 1.54) is 0 Å². The van der Waals surface area contributed by atoms with Crippen LogP contribution in [0.25, 0.3) is 11.1 Å². The van der Waals surface area contributed by atoms with Crippen molar-refractivity contribution in [3.8, 4) is 11.1 Å². The minimum absolute atomic E-state index is 0.00844. The van der Waals surface area contributed by atoms with E-state index in [2.05, 4.69) is 15.0 Å². The molecule has 0 bridgehead atoms. The van der Waals surface area contributed by atoms with Gasteiger partial charge in [-0.1, -0.05) is 18.2 Å². The van der Waals surface area contributed by atoms with E-state index in [1.54, 1.807) is 44.5 Å². The molecule has 6 nitrogen and oxygen atoms in total. The van der Waals surface area contributed by atoms with Gasteiger partial charge in [0.2, 0.25) is 5.91 Å². The second kappa shape index (κ2) is 10.4. The van der Waals surface area contributed by atoms with Crippen molar-refractivity contribution in [1.82, 2.24) is 4.98 Å². The molecule has 0 saturated heterocycles. The molecular formula is C22H25N3O3S. The number of carbonyl (C=O) groups excluding carboxylic acids is 2. The van der Waals surface area contributed by atoms with E-state index in [9.17, 15) is 9.59 Å². The first-order valence-corrected chi connectivity index (χ1v) is 9.92. The number of primary amides is 1. The maximum atomic E-state index is 11.9. The summed E-state index contributed by atoms with van der Waals surface area (Å²) in [5, 5.41) is 4.89. The third-order valence-electron chi connectivity index (χ3n) is 3.50. The van der Waals surface area contributed by atoms with Crippen molar-refractivity contribution >= 4 is 29.0 Å². The van der Waals surface area contributed by atoms with Gasteiger partial charge in [0.1, 0.15) is 5.60 Å². The number of amides is 2. The van der Waals surface area contributed by atoms with Crippen molar-refractivity contribution in [2.24, 2.45) is 5.73 Å². The lowest BCUT2D eigenvalue weighted by Gasteiger charge is -2.16. The van der Waals surface area contributed by atoms with Gasteiger partial charge in [-0.2, -0.15) is 0 Å². The van der Waals surface area contributed by atoms with Crippen molar-refractivity contribution < 1.29 is 14.3 Å². The molecule has 0 aliphatic rings. The molecular weight excluding hydrogens is 386 g/mol. The van der Waals surface area contributed by atoms with Gasteiger partial charge in [-0.25, -0.2) is 4.79 Å². The van der Waals surface area contributed by atoms with Crippen LogP contribution in [0.1, 0.15) is 25.6 Å². The smallest absolute Gasteiger partial charge is 0.405 e. The zero-order chi connectivity index (χ0) is 21.3. The molecule has 2 heterocycles. The molecule has 0 saturated carbocycles. The van der Waals surface area contributed by atoms with Crippen LogP contribution in [0.15, 0.2) is 66.3 Å². The Morgan fingerprint density at radius 1 is 1.03 bits per heavy atom. The van der Waals surface area contributed by atoms with Gasteiger partial charge in [-0.3, -0.25) is 9.78 Å². The molecule has 152 valence electrons. The highest BCUT2D eigenvalue weighted by molar-refractivity contribution is 7.10. The van der Waals surface area contributed by atoms with Crippen LogP contribution in [0, 0.1) is 0 Å². The first-order valence-electron chi connectivity index (χ1n) is 9.04. The number of hydrogen-bond acceptors (Lipinski definition) is 5. The third kappa shape index (κ3) is 8.57. The number of hydrogen-bond donors (Lipinski definition) is 2. The normalized spacial score (nSPS) is 10.4. The van der Waals surface area contributed by atoms with E-state index < -0.39 is 11.7 Å². The molecule has 2 aromatic heterocycles. The number of nitrogens with one attached hydrogen (secondary N) is 1. The van der Waals surface area contributed by atoms with E-state index in [1.807, 2.05) is 53.9 Å². The Morgan fingerprint density at radius 2 is 1.66 bits per heavy atom. The highest BCUT2D eigenvalue weighted by Crippen LogP contribution is 2.20. The van der Waals surface area contributed by atoms with Crippen LogP contribution in [-0.2, 0) is 16.0 Å². The minimum atomic E-state index is -0.725. The van der Waals surface area contributed by atoms with Crippen molar-refractivity contribution in [2.75, 3.05) is 5.32 Å². The average Bonchev–Trinajstić information content (AvgIpc) is 3.14. The van der Waals surface area contributed by atoms with Gasteiger partial charge in [0.05, 0.1) is 6.42 Å². The summed E-state index contributed by atoms with van der Waals surface area (Å²) >= 11 is 1.59. The molecule has 0 radical (unpaired) electrons. The van der Waals surface area contributed by atoms with E-state index in [4.69, 9.17) is 5.73 Å². The van der Waals surface area contributed by atoms with Gasteiger partial charge >= 0.3 is 6.09 Å². The summed E-state index contributed by atoms with van der Waals surface area (Å²) in [6, 6.07) is 15.7. The predicted octanol–water partition coefficient (Wildman–Crippen LogP) is 4.87. The predicted molar refractivity (Wildman–Crippen MR) is 117 cm³/mol. The number of nitrogens with zero attached hydrogens (tertiary/aromatic N) is 1. The van der Waals surface area contributed by atoms with Gasteiger partial charge in [0.25, 0.3) is 0 Å². The monoisotopic (exact) mass is 411 g/mol. The van der Waals surface area contributed by atoms with Crippen LogP contribution >= 0.6 is 11.3 Å². The van der Waals surface area contributed by atoms with Crippen molar-refractivity contribution in [1.29, 1.82) is 0 Å². The number of pyridine rings is 1. The molecule has 29 heavy (non-hydrogen) atoms. The fraction of sp³-hybridized carbons (Fsp3) is 0.227. The number of nitrogens with two attached hydrogens (primary N) is 1. The van der Waals surface area contributed by atoms with Gasteiger partial charge in [-0.15, -0.1) is 11.3 Å². The Morgan fingerprint density at radius 3 is 2.14 bits per heavy atom. The number of ether oxygens (including phenoxy) is 1. The van der Waals surface area contributed by atoms with Gasteiger partial charge < -0.3 is 15.8 Å². The Hall–Kier alpha value is -3.19. The summed E-state index contributed by atoms with van der Waals surface area (Å²) in [7, 11) is 0. The van der Waals surface area contributed by atoms with Crippen LogP contribution in [0.4, 0.5) is 10.5 Å². The summed E-state index contributed by atoms with van der Waals surface area (Å²) in [5.41, 5.74) is 7.30. The van der Waals surface area contributed by atoms with E-state index in [0.717, 1.165) is 21.7 Å². The Bertz CT molecular complexity index is 903. The molecule has 0 atom stereocenters. The number of benzene rings is 1. The van der Waals surface area contributed by atoms with Crippen molar-refractivity contribution in [3.05, 3.63) is 71.2 Å². The van der Waals surface area contributed by atoms with E-state index in [0.29, 0.717) is 6.42 Å². The molecule has 3 N–H and O–H groups in total. The Kier molecular flexibility index (Phi) is 7.91. The average molecular weight is 412 g/mol. The SMILES string of the molecule is CC(C)(C)OC(N)=O.O=C(Cc1cccs1)Nc1ccc(-c2ccncc2)cc1. The maximum absolute atomic E-state index is 11.9. The number of thiophene rings is 1. The van der Waals surface area contributed by atoms with Crippen LogP contribution in [0.2, 0.25) is 0 Å². The fourth-order valence-corrected chi connectivity index (χ4v) is 3.07. The van der Waals surface area contributed by atoms with Gasteiger partial charge in [-0.05, 0) is 67.6 Å². The molecule has 0 aliphatic heterocycles. The third-order valence-corrected chi connectivity index (χ3v) is 4.38. The topological polar surface area (TPSA) is 94.3 Å². The van der Waals surface area contributed by atoms with Crippen molar-refractivity contribution in [3.63, 3.8) is 0 Å². The molecule has 0 fully saturated rings. The molecule has 0 spiro atoms. The largest absolute Gasteiger partial charge is 0.444 e. The van der Waals surface area contributed by atoms with Gasteiger partial charge in [0, 0.05) is 23.0 Å². The summed E-state index contributed by atoms with van der Waals surface area (Å²) in [4.78, 5) is 27.0. The summed E-state index contributed by atoms with van der Waals surface area (Å²) in [6.45, 7) is 5.28. The molecule has 2 amide bonds. The van der Waals surface area contributed by atoms with Crippen LogP contribution < -0.4 is 11.1 Å². The summed E-state index contributed by atoms with van der Waals surface area (Å²) in [6.07, 6.45) is 3.24. The number of anilines is 1. The molecule has 7 heteroatoms. The molecule has 0 unspecified atom stereocenters. The van der Waals surface area contributed by atoms with Crippen LogP contribution in [0.3, 0.4) is 0 Å². The molecule has 3 rings (SSSR count). The number of rotatable bonds is 4. The first kappa shape index (κ1) is 22.1. The maximum Gasteiger partial charge on any atom is 0.405 e. The fourth-order valence-electron chi connectivity index (χ4n) is 2.37. The second-order valence-corrected chi connectivity index (χ2v) is 8.18. The Balaban J connectivity index is 0.000000321. The summed E-state index contributed by atoms with van der Waals surface area (Å²) < 4.78 is 4.58. The number of carbonyl (C=O) groups is 2.